The van der Waals surface area contributed by atoms with E-state index < -0.39 is 0 Å². The Kier molecular flexibility index (Phi) is 5.50. The van der Waals surface area contributed by atoms with E-state index in [9.17, 15) is 0 Å². The molecule has 1 saturated heterocycles. The Balaban J connectivity index is 2.05. The largest absolute Gasteiger partial charge is 0.311 e. The predicted molar refractivity (Wildman–Crippen MR) is 78.9 cm³/mol. The minimum Gasteiger partial charge on any atom is -0.311 e. The van der Waals surface area contributed by atoms with Gasteiger partial charge in [0.15, 0.2) is 0 Å². The molecule has 0 spiro atoms. The molecule has 1 aliphatic carbocycles. The summed E-state index contributed by atoms with van der Waals surface area (Å²) in [4.78, 5) is 2.88. The van der Waals surface area contributed by atoms with Gasteiger partial charge in [0, 0.05) is 31.2 Å². The van der Waals surface area contributed by atoms with Gasteiger partial charge in [0.1, 0.15) is 0 Å². The third kappa shape index (κ3) is 3.27. The van der Waals surface area contributed by atoms with Crippen molar-refractivity contribution in [3.8, 4) is 0 Å². The van der Waals surface area contributed by atoms with E-state index in [2.05, 4.69) is 31.0 Å². The van der Waals surface area contributed by atoms with Gasteiger partial charge >= 0.3 is 0 Å². The molecule has 1 saturated carbocycles. The fourth-order valence-electron chi connectivity index (χ4n) is 3.91. The van der Waals surface area contributed by atoms with E-state index in [1.54, 1.807) is 0 Å². The van der Waals surface area contributed by atoms with Crippen LogP contribution in [0.4, 0.5) is 0 Å². The maximum absolute atomic E-state index is 3.73. The summed E-state index contributed by atoms with van der Waals surface area (Å²) in [6.45, 7) is 9.65. The van der Waals surface area contributed by atoms with Gasteiger partial charge in [-0.1, -0.05) is 40.0 Å². The van der Waals surface area contributed by atoms with Gasteiger partial charge in [-0.15, -0.1) is 0 Å². The summed E-state index contributed by atoms with van der Waals surface area (Å²) in [7, 11) is 0. The molecule has 2 fully saturated rings. The molecule has 4 unspecified atom stereocenters. The van der Waals surface area contributed by atoms with Gasteiger partial charge in [-0.05, 0) is 31.6 Å². The Morgan fingerprint density at radius 1 is 1.06 bits per heavy atom. The number of hydrogen-bond donors (Lipinski definition) is 1. The highest BCUT2D eigenvalue weighted by Gasteiger charge is 2.34. The SMILES string of the molecule is CCC1CN(C2CCCCCC2C)C(CC)CN1. The normalized spacial score (nSPS) is 39.5. The van der Waals surface area contributed by atoms with E-state index in [0.29, 0.717) is 0 Å². The van der Waals surface area contributed by atoms with Crippen LogP contribution in [0, 0.1) is 5.92 Å². The van der Waals surface area contributed by atoms with Crippen LogP contribution in [0.3, 0.4) is 0 Å². The Bertz CT molecular complexity index is 241. The van der Waals surface area contributed by atoms with Crippen LogP contribution in [0.25, 0.3) is 0 Å². The predicted octanol–water partition coefficient (Wildman–Crippen LogP) is 3.42. The van der Waals surface area contributed by atoms with Crippen LogP contribution in [0.5, 0.6) is 0 Å². The molecule has 2 heteroatoms. The molecule has 1 N–H and O–H groups in total. The lowest BCUT2D eigenvalue weighted by Gasteiger charge is -2.46. The second kappa shape index (κ2) is 6.91. The molecule has 2 rings (SSSR count). The second-order valence-electron chi connectivity index (χ2n) is 6.45. The average Bonchev–Trinajstić information content (AvgIpc) is 2.62. The summed E-state index contributed by atoms with van der Waals surface area (Å²) in [6, 6.07) is 2.36. The van der Waals surface area contributed by atoms with Crippen LogP contribution < -0.4 is 5.32 Å². The van der Waals surface area contributed by atoms with Crippen LogP contribution in [-0.2, 0) is 0 Å². The second-order valence-corrected chi connectivity index (χ2v) is 6.45. The summed E-state index contributed by atoms with van der Waals surface area (Å²) < 4.78 is 0. The van der Waals surface area contributed by atoms with Crippen LogP contribution in [0.15, 0.2) is 0 Å². The Morgan fingerprint density at radius 3 is 2.56 bits per heavy atom. The molecule has 106 valence electrons. The minimum absolute atomic E-state index is 0.725. The monoisotopic (exact) mass is 252 g/mol. The Morgan fingerprint density at radius 2 is 1.83 bits per heavy atom. The lowest BCUT2D eigenvalue weighted by atomic mass is 9.91. The topological polar surface area (TPSA) is 15.3 Å². The first kappa shape index (κ1) is 14.3. The molecule has 2 aliphatic rings. The standard InChI is InChI=1S/C16H32N2/c1-4-14-12-18(15(5-2)11-17-14)16-10-8-6-7-9-13(16)3/h13-17H,4-12H2,1-3H3. The van der Waals surface area contributed by atoms with Crippen LogP contribution in [0.2, 0.25) is 0 Å². The van der Waals surface area contributed by atoms with Gasteiger partial charge in [0.2, 0.25) is 0 Å². The molecular weight excluding hydrogens is 220 g/mol. The van der Waals surface area contributed by atoms with Crippen molar-refractivity contribution in [3.05, 3.63) is 0 Å². The molecule has 0 radical (unpaired) electrons. The van der Waals surface area contributed by atoms with Gasteiger partial charge in [0.05, 0.1) is 0 Å². The average molecular weight is 252 g/mol. The highest BCUT2D eigenvalue weighted by molar-refractivity contribution is 4.91. The van der Waals surface area contributed by atoms with Gasteiger partial charge in [-0.3, -0.25) is 4.90 Å². The highest BCUT2D eigenvalue weighted by atomic mass is 15.3. The minimum atomic E-state index is 0.725. The number of piperazine rings is 1. The molecule has 0 bridgehead atoms. The van der Waals surface area contributed by atoms with Crippen molar-refractivity contribution in [3.63, 3.8) is 0 Å². The molecule has 18 heavy (non-hydrogen) atoms. The zero-order valence-electron chi connectivity index (χ0n) is 12.6. The molecule has 1 heterocycles. The third-order valence-electron chi connectivity index (χ3n) is 5.25. The summed E-state index contributed by atoms with van der Waals surface area (Å²) in [5.74, 6) is 0.900. The zero-order chi connectivity index (χ0) is 13.0. The number of hydrogen-bond acceptors (Lipinski definition) is 2. The van der Waals surface area contributed by atoms with Gasteiger partial charge in [-0.25, -0.2) is 0 Å². The fraction of sp³-hybridized carbons (Fsp3) is 1.00. The van der Waals surface area contributed by atoms with Crippen LogP contribution in [-0.4, -0.2) is 36.1 Å². The van der Waals surface area contributed by atoms with Crippen molar-refractivity contribution in [1.82, 2.24) is 10.2 Å². The number of nitrogens with zero attached hydrogens (tertiary/aromatic N) is 1. The van der Waals surface area contributed by atoms with Crippen molar-refractivity contribution in [2.75, 3.05) is 13.1 Å². The van der Waals surface area contributed by atoms with E-state index in [1.165, 1.54) is 58.0 Å². The third-order valence-corrected chi connectivity index (χ3v) is 5.25. The van der Waals surface area contributed by atoms with E-state index in [4.69, 9.17) is 0 Å². The number of nitrogens with one attached hydrogen (secondary N) is 1. The first-order valence-electron chi connectivity index (χ1n) is 8.25. The van der Waals surface area contributed by atoms with E-state index in [-0.39, 0.29) is 0 Å². The van der Waals surface area contributed by atoms with E-state index in [0.717, 1.165) is 24.0 Å². The number of rotatable bonds is 3. The van der Waals surface area contributed by atoms with E-state index in [1.807, 2.05) is 0 Å². The van der Waals surface area contributed by atoms with Gasteiger partial charge in [0.25, 0.3) is 0 Å². The van der Waals surface area contributed by atoms with Gasteiger partial charge in [-0.2, -0.15) is 0 Å². The quantitative estimate of drug-likeness (QED) is 0.774. The highest BCUT2D eigenvalue weighted by Crippen LogP contribution is 2.30. The van der Waals surface area contributed by atoms with Crippen molar-refractivity contribution < 1.29 is 0 Å². The van der Waals surface area contributed by atoms with Crippen molar-refractivity contribution in [1.29, 1.82) is 0 Å². The fourth-order valence-corrected chi connectivity index (χ4v) is 3.91. The molecule has 2 nitrogen and oxygen atoms in total. The Hall–Kier alpha value is -0.0800. The first-order valence-corrected chi connectivity index (χ1v) is 8.25. The lowest BCUT2D eigenvalue weighted by Crippen LogP contribution is -2.60. The van der Waals surface area contributed by atoms with Gasteiger partial charge < -0.3 is 5.32 Å². The lowest BCUT2D eigenvalue weighted by molar-refractivity contribution is 0.0479. The molecule has 4 atom stereocenters. The summed E-state index contributed by atoms with van der Waals surface area (Å²) in [5.41, 5.74) is 0. The van der Waals surface area contributed by atoms with Crippen LogP contribution in [0.1, 0.15) is 65.7 Å². The molecule has 1 aliphatic heterocycles. The first-order chi connectivity index (χ1) is 8.76. The maximum atomic E-state index is 3.73. The van der Waals surface area contributed by atoms with Crippen LogP contribution >= 0.6 is 0 Å². The maximum Gasteiger partial charge on any atom is 0.0221 e. The molecule has 0 aromatic heterocycles. The van der Waals surface area contributed by atoms with Crippen molar-refractivity contribution in [2.45, 2.75) is 83.8 Å². The summed E-state index contributed by atoms with van der Waals surface area (Å²) in [6.07, 6.45) is 9.82. The van der Waals surface area contributed by atoms with E-state index >= 15 is 0 Å². The molecule has 0 aromatic rings. The molecular formula is C16H32N2. The smallest absolute Gasteiger partial charge is 0.0221 e. The summed E-state index contributed by atoms with van der Waals surface area (Å²) >= 11 is 0. The molecule has 0 aromatic carbocycles. The van der Waals surface area contributed by atoms with Crippen molar-refractivity contribution in [2.24, 2.45) is 5.92 Å². The molecule has 0 amide bonds. The summed E-state index contributed by atoms with van der Waals surface area (Å²) in [5, 5.41) is 3.73. The Labute approximate surface area is 114 Å². The van der Waals surface area contributed by atoms with Crippen molar-refractivity contribution >= 4 is 0 Å². The zero-order valence-corrected chi connectivity index (χ0v) is 12.6.